The van der Waals surface area contributed by atoms with Gasteiger partial charge >= 0.3 is 0 Å². The lowest BCUT2D eigenvalue weighted by atomic mass is 9.93. The van der Waals surface area contributed by atoms with Crippen molar-refractivity contribution >= 4 is 21.7 Å². The molecule has 0 bridgehead atoms. The topological polar surface area (TPSA) is 26.0 Å². The van der Waals surface area contributed by atoms with Crippen LogP contribution in [0, 0.1) is 0 Å². The molecule has 31 heavy (non-hydrogen) atoms. The first kappa shape index (κ1) is 19.6. The van der Waals surface area contributed by atoms with E-state index in [-0.39, 0.29) is 0 Å². The molecule has 0 spiro atoms. The third-order valence-electron chi connectivity index (χ3n) is 6.06. The molecule has 5 rings (SSSR count). The minimum Gasteiger partial charge on any atom is -0.456 e. The van der Waals surface area contributed by atoms with Gasteiger partial charge in [-0.3, -0.25) is 4.98 Å². The Balaban J connectivity index is 1.75. The van der Waals surface area contributed by atoms with Crippen LogP contribution in [0.25, 0.3) is 44.3 Å². The maximum atomic E-state index is 6.36. The molecule has 5 aromatic rings. The zero-order chi connectivity index (χ0) is 21.5. The average Bonchev–Trinajstić information content (AvgIpc) is 3.22. The van der Waals surface area contributed by atoms with Gasteiger partial charge in [-0.1, -0.05) is 70.2 Å². The van der Waals surface area contributed by atoms with Gasteiger partial charge in [-0.15, -0.1) is 0 Å². The summed E-state index contributed by atoms with van der Waals surface area (Å²) < 4.78 is 6.36. The third-order valence-corrected chi connectivity index (χ3v) is 6.06. The molecule has 2 heteroatoms. The minimum absolute atomic E-state index is 0.346. The summed E-state index contributed by atoms with van der Waals surface area (Å²) in [6.07, 6.45) is 1.91. The molecule has 0 N–H and O–H groups in total. The Morgan fingerprint density at radius 2 is 1.52 bits per heavy atom. The maximum absolute atomic E-state index is 6.36. The van der Waals surface area contributed by atoms with Crippen molar-refractivity contribution in [2.75, 3.05) is 0 Å². The molecule has 2 heterocycles. The van der Waals surface area contributed by atoms with Crippen LogP contribution >= 0.6 is 0 Å². The summed E-state index contributed by atoms with van der Waals surface area (Å²) in [5, 5.41) is 3.55. The summed E-state index contributed by atoms with van der Waals surface area (Å²) in [7, 11) is 0. The Morgan fingerprint density at radius 1 is 0.710 bits per heavy atom. The molecule has 0 radical (unpaired) electrons. The summed E-state index contributed by atoms with van der Waals surface area (Å²) in [5.41, 5.74) is 6.80. The smallest absolute Gasteiger partial charge is 0.138 e. The van der Waals surface area contributed by atoms with Crippen molar-refractivity contribution in [2.45, 2.75) is 39.5 Å². The largest absolute Gasteiger partial charge is 0.456 e. The predicted molar refractivity (Wildman–Crippen MR) is 131 cm³/mol. The van der Waals surface area contributed by atoms with Crippen molar-refractivity contribution in [3.63, 3.8) is 0 Å². The van der Waals surface area contributed by atoms with Gasteiger partial charge in [0.2, 0.25) is 0 Å². The molecule has 0 aliphatic heterocycles. The Labute approximate surface area is 183 Å². The summed E-state index contributed by atoms with van der Waals surface area (Å²) in [4.78, 5) is 4.82. The molecule has 0 unspecified atom stereocenters. The van der Waals surface area contributed by atoms with Crippen molar-refractivity contribution in [1.29, 1.82) is 0 Å². The summed E-state index contributed by atoms with van der Waals surface area (Å²) in [6.45, 7) is 8.90. The van der Waals surface area contributed by atoms with E-state index in [4.69, 9.17) is 9.40 Å². The van der Waals surface area contributed by atoms with Crippen LogP contribution in [0.15, 0.2) is 83.4 Å². The number of hydrogen-bond acceptors (Lipinski definition) is 2. The van der Waals surface area contributed by atoms with Crippen LogP contribution in [0.3, 0.4) is 0 Å². The first-order valence-electron chi connectivity index (χ1n) is 11.0. The lowest BCUT2D eigenvalue weighted by molar-refractivity contribution is 0.622. The highest BCUT2D eigenvalue weighted by molar-refractivity contribution is 5.98. The second-order valence-corrected chi connectivity index (χ2v) is 8.91. The number of fused-ring (bicyclic) bond motifs is 2. The van der Waals surface area contributed by atoms with Gasteiger partial charge in [0.05, 0.1) is 5.69 Å². The van der Waals surface area contributed by atoms with Gasteiger partial charge in [0, 0.05) is 28.1 Å². The molecular weight excluding hydrogens is 378 g/mol. The molecule has 0 saturated carbocycles. The van der Waals surface area contributed by atoms with E-state index in [1.807, 2.05) is 24.4 Å². The molecule has 0 atom stereocenters. The van der Waals surface area contributed by atoms with Crippen molar-refractivity contribution < 1.29 is 4.42 Å². The average molecular weight is 406 g/mol. The summed E-state index contributed by atoms with van der Waals surface area (Å²) in [6, 6.07) is 25.8. The Kier molecular flexibility index (Phi) is 4.86. The standard InChI is InChI=1S/C29H27NO/c1-18(2)22-11-10-20-12-13-30-28(26(20)15-22)23-14-24-17-27(21-8-6-5-7-9-21)31-29(24)25(16-23)19(3)4/h5-19H,1-4H3. The minimum atomic E-state index is 0.346. The molecule has 0 amide bonds. The van der Waals surface area contributed by atoms with Crippen LogP contribution in [0.5, 0.6) is 0 Å². The molecule has 0 fully saturated rings. The van der Waals surface area contributed by atoms with E-state index in [2.05, 4.69) is 82.3 Å². The van der Waals surface area contributed by atoms with Crippen LogP contribution in [0.4, 0.5) is 0 Å². The molecule has 3 aromatic carbocycles. The van der Waals surface area contributed by atoms with Gasteiger partial charge in [-0.2, -0.15) is 0 Å². The molecule has 0 aliphatic rings. The van der Waals surface area contributed by atoms with Crippen LogP contribution in [-0.4, -0.2) is 4.98 Å². The van der Waals surface area contributed by atoms with Crippen LogP contribution in [0.2, 0.25) is 0 Å². The highest BCUT2D eigenvalue weighted by Gasteiger charge is 2.17. The van der Waals surface area contributed by atoms with E-state index < -0.39 is 0 Å². The van der Waals surface area contributed by atoms with E-state index in [1.165, 1.54) is 21.9 Å². The number of benzene rings is 3. The van der Waals surface area contributed by atoms with Gasteiger partial charge in [0.15, 0.2) is 0 Å². The van der Waals surface area contributed by atoms with Crippen molar-refractivity contribution in [1.82, 2.24) is 4.98 Å². The van der Waals surface area contributed by atoms with Crippen molar-refractivity contribution in [3.8, 4) is 22.6 Å². The predicted octanol–water partition coefficient (Wildman–Crippen LogP) is 8.56. The zero-order valence-corrected chi connectivity index (χ0v) is 18.5. The molecule has 2 aromatic heterocycles. The van der Waals surface area contributed by atoms with E-state index >= 15 is 0 Å². The maximum Gasteiger partial charge on any atom is 0.138 e. The summed E-state index contributed by atoms with van der Waals surface area (Å²) >= 11 is 0. The van der Waals surface area contributed by atoms with Gasteiger partial charge in [0.1, 0.15) is 11.3 Å². The van der Waals surface area contributed by atoms with Crippen LogP contribution in [0.1, 0.15) is 50.7 Å². The van der Waals surface area contributed by atoms with E-state index in [9.17, 15) is 0 Å². The fourth-order valence-corrected chi connectivity index (χ4v) is 4.27. The number of furan rings is 1. The lowest BCUT2D eigenvalue weighted by Gasteiger charge is -2.13. The first-order valence-corrected chi connectivity index (χ1v) is 11.0. The fraction of sp³-hybridized carbons (Fsp3) is 0.207. The molecule has 0 aliphatic carbocycles. The fourth-order valence-electron chi connectivity index (χ4n) is 4.27. The molecule has 0 saturated heterocycles. The van der Waals surface area contributed by atoms with E-state index in [0.29, 0.717) is 11.8 Å². The van der Waals surface area contributed by atoms with Gasteiger partial charge in [0.25, 0.3) is 0 Å². The molecule has 2 nitrogen and oxygen atoms in total. The number of aromatic nitrogens is 1. The Bertz CT molecular complexity index is 1380. The molecule has 154 valence electrons. The second kappa shape index (κ2) is 7.70. The van der Waals surface area contributed by atoms with Crippen molar-refractivity contribution in [3.05, 3.63) is 90.1 Å². The first-order chi connectivity index (χ1) is 15.0. The zero-order valence-electron chi connectivity index (χ0n) is 18.5. The van der Waals surface area contributed by atoms with Crippen LogP contribution in [-0.2, 0) is 0 Å². The Hall–Kier alpha value is -3.39. The van der Waals surface area contributed by atoms with Gasteiger partial charge in [-0.25, -0.2) is 0 Å². The quantitative estimate of drug-likeness (QED) is 0.299. The van der Waals surface area contributed by atoms with E-state index in [0.717, 1.165) is 33.6 Å². The highest BCUT2D eigenvalue weighted by atomic mass is 16.3. The molecular formula is C29H27NO. The monoisotopic (exact) mass is 405 g/mol. The van der Waals surface area contributed by atoms with Crippen molar-refractivity contribution in [2.24, 2.45) is 0 Å². The third kappa shape index (κ3) is 3.53. The van der Waals surface area contributed by atoms with Gasteiger partial charge < -0.3 is 4.42 Å². The number of nitrogens with zero attached hydrogens (tertiary/aromatic N) is 1. The Morgan fingerprint density at radius 3 is 2.26 bits per heavy atom. The van der Waals surface area contributed by atoms with E-state index in [1.54, 1.807) is 0 Å². The number of rotatable bonds is 4. The highest BCUT2D eigenvalue weighted by Crippen LogP contribution is 2.38. The van der Waals surface area contributed by atoms with Crippen LogP contribution < -0.4 is 0 Å². The number of hydrogen-bond donors (Lipinski definition) is 0. The SMILES string of the molecule is CC(C)c1ccc2ccnc(-c3cc(C(C)C)c4oc(-c5ccccc5)cc4c3)c2c1. The van der Waals surface area contributed by atoms with Gasteiger partial charge in [-0.05, 0) is 58.7 Å². The number of pyridine rings is 1. The second-order valence-electron chi connectivity index (χ2n) is 8.91. The lowest BCUT2D eigenvalue weighted by Crippen LogP contribution is -1.93. The summed E-state index contributed by atoms with van der Waals surface area (Å²) in [5.74, 6) is 1.73. The normalized spacial score (nSPS) is 11.8.